The van der Waals surface area contributed by atoms with Gasteiger partial charge in [0.25, 0.3) is 5.91 Å². The molecule has 0 radical (unpaired) electrons. The Balaban J connectivity index is 1.52. The van der Waals surface area contributed by atoms with E-state index < -0.39 is 0 Å². The number of amides is 1. The predicted molar refractivity (Wildman–Crippen MR) is 80.8 cm³/mol. The summed E-state index contributed by atoms with van der Waals surface area (Å²) in [5.74, 6) is 0.000270. The molecule has 0 unspecified atom stereocenters. The number of rotatable bonds is 5. The van der Waals surface area contributed by atoms with E-state index in [1.165, 1.54) is 0 Å². The van der Waals surface area contributed by atoms with Gasteiger partial charge in [0, 0.05) is 25.0 Å². The van der Waals surface area contributed by atoms with Crippen LogP contribution in [0.25, 0.3) is 5.69 Å². The maximum atomic E-state index is 11.8. The highest BCUT2D eigenvalue weighted by Crippen LogP contribution is 2.09. The fourth-order valence-electron chi connectivity index (χ4n) is 2.11. The first-order valence-electron chi connectivity index (χ1n) is 7.03. The molecule has 1 N–H and O–H groups in total. The molecule has 0 saturated heterocycles. The number of aromatic nitrogens is 3. The number of hydrogen-bond donors (Lipinski definition) is 1. The van der Waals surface area contributed by atoms with Gasteiger partial charge in [-0.15, -0.1) is 0 Å². The molecular formula is C16H16N4O2. The third kappa shape index (κ3) is 3.22. The van der Waals surface area contributed by atoms with Gasteiger partial charge in [-0.2, -0.15) is 5.10 Å². The molecule has 0 aliphatic rings. The monoisotopic (exact) mass is 296 g/mol. The lowest BCUT2D eigenvalue weighted by molar-refractivity contribution is 0.0917. The number of nitrogens with one attached hydrogen (secondary N) is 1. The average Bonchev–Trinajstić information content (AvgIpc) is 3.19. The lowest BCUT2D eigenvalue weighted by Crippen LogP contribution is -2.25. The number of carbonyl (C=O) groups excluding carboxylic acids is 1. The quantitative estimate of drug-likeness (QED) is 0.783. The zero-order valence-corrected chi connectivity index (χ0v) is 12.2. The van der Waals surface area contributed by atoms with E-state index >= 15 is 0 Å². The summed E-state index contributed by atoms with van der Waals surface area (Å²) in [4.78, 5) is 11.8. The summed E-state index contributed by atoms with van der Waals surface area (Å²) < 4.78 is 6.72. The van der Waals surface area contributed by atoms with Crippen molar-refractivity contribution in [1.29, 1.82) is 0 Å². The van der Waals surface area contributed by atoms with E-state index in [0.717, 1.165) is 17.7 Å². The van der Waals surface area contributed by atoms with Crippen LogP contribution < -0.4 is 5.32 Å². The molecule has 0 bridgehead atoms. The molecule has 3 rings (SSSR count). The summed E-state index contributed by atoms with van der Waals surface area (Å²) >= 11 is 0. The fraction of sp³-hybridized carbons (Fsp3) is 0.188. The first-order valence-corrected chi connectivity index (χ1v) is 7.03. The van der Waals surface area contributed by atoms with E-state index in [1.807, 2.05) is 36.5 Å². The lowest BCUT2D eigenvalue weighted by atomic mass is 10.1. The van der Waals surface area contributed by atoms with Crippen molar-refractivity contribution in [3.05, 3.63) is 65.8 Å². The van der Waals surface area contributed by atoms with E-state index in [4.69, 9.17) is 4.52 Å². The van der Waals surface area contributed by atoms with Gasteiger partial charge in [-0.25, -0.2) is 4.68 Å². The minimum Gasteiger partial charge on any atom is -0.351 e. The van der Waals surface area contributed by atoms with E-state index in [0.29, 0.717) is 12.2 Å². The molecule has 2 aromatic heterocycles. The molecule has 6 heteroatoms. The topological polar surface area (TPSA) is 73.0 Å². The van der Waals surface area contributed by atoms with Gasteiger partial charge in [-0.3, -0.25) is 4.79 Å². The first-order chi connectivity index (χ1) is 10.7. The minimum absolute atomic E-state index is 0.242. The van der Waals surface area contributed by atoms with Gasteiger partial charge in [-0.1, -0.05) is 17.3 Å². The molecule has 0 atom stereocenters. The molecule has 0 saturated carbocycles. The van der Waals surface area contributed by atoms with Gasteiger partial charge in [0.05, 0.1) is 11.4 Å². The van der Waals surface area contributed by atoms with Crippen molar-refractivity contribution < 1.29 is 9.32 Å². The highest BCUT2D eigenvalue weighted by Gasteiger charge is 2.10. The van der Waals surface area contributed by atoms with Gasteiger partial charge in [-0.05, 0) is 37.1 Å². The number of benzene rings is 1. The largest absolute Gasteiger partial charge is 0.351 e. The summed E-state index contributed by atoms with van der Waals surface area (Å²) in [7, 11) is 0. The van der Waals surface area contributed by atoms with Gasteiger partial charge in [0.2, 0.25) is 5.76 Å². The smallest absolute Gasteiger partial charge is 0.289 e. The maximum absolute atomic E-state index is 11.8. The summed E-state index contributed by atoms with van der Waals surface area (Å²) in [6, 6.07) is 11.6. The Morgan fingerprint density at radius 2 is 2.14 bits per heavy atom. The van der Waals surface area contributed by atoms with E-state index in [2.05, 4.69) is 15.6 Å². The van der Waals surface area contributed by atoms with Gasteiger partial charge < -0.3 is 9.84 Å². The van der Waals surface area contributed by atoms with Crippen molar-refractivity contribution in [2.75, 3.05) is 6.54 Å². The third-order valence-electron chi connectivity index (χ3n) is 3.26. The van der Waals surface area contributed by atoms with Gasteiger partial charge in [0.1, 0.15) is 0 Å². The van der Waals surface area contributed by atoms with Crippen molar-refractivity contribution >= 4 is 5.91 Å². The average molecular weight is 296 g/mol. The Hall–Kier alpha value is -2.89. The fourth-order valence-corrected chi connectivity index (χ4v) is 2.11. The molecule has 22 heavy (non-hydrogen) atoms. The molecule has 0 aliphatic heterocycles. The van der Waals surface area contributed by atoms with Crippen LogP contribution in [-0.4, -0.2) is 27.4 Å². The Morgan fingerprint density at radius 3 is 2.77 bits per heavy atom. The molecule has 112 valence electrons. The van der Waals surface area contributed by atoms with E-state index in [-0.39, 0.29) is 11.7 Å². The van der Waals surface area contributed by atoms with Crippen LogP contribution in [0.3, 0.4) is 0 Å². The molecular weight excluding hydrogens is 280 g/mol. The summed E-state index contributed by atoms with van der Waals surface area (Å²) in [5.41, 5.74) is 2.85. The second kappa shape index (κ2) is 6.26. The number of nitrogens with zero attached hydrogens (tertiary/aromatic N) is 3. The summed E-state index contributed by atoms with van der Waals surface area (Å²) in [6.45, 7) is 2.32. The van der Waals surface area contributed by atoms with Crippen LogP contribution in [0.1, 0.15) is 21.8 Å². The summed E-state index contributed by atoms with van der Waals surface area (Å²) in [6.07, 6.45) is 4.39. The Morgan fingerprint density at radius 1 is 1.32 bits per heavy atom. The highest BCUT2D eigenvalue weighted by atomic mass is 16.5. The Kier molecular flexibility index (Phi) is 4.00. The molecule has 0 aliphatic carbocycles. The molecule has 0 spiro atoms. The Labute approximate surface area is 127 Å². The number of hydrogen-bond acceptors (Lipinski definition) is 4. The van der Waals surface area contributed by atoms with Crippen LogP contribution in [0, 0.1) is 6.92 Å². The second-order valence-corrected chi connectivity index (χ2v) is 4.96. The van der Waals surface area contributed by atoms with Crippen molar-refractivity contribution in [2.24, 2.45) is 0 Å². The normalized spacial score (nSPS) is 10.6. The van der Waals surface area contributed by atoms with Gasteiger partial charge >= 0.3 is 0 Å². The summed E-state index contributed by atoms with van der Waals surface area (Å²) in [5, 5.41) is 10.7. The Bertz CT molecular complexity index is 745. The second-order valence-electron chi connectivity index (χ2n) is 4.96. The number of carbonyl (C=O) groups is 1. The molecule has 3 aromatic rings. The third-order valence-corrected chi connectivity index (χ3v) is 3.26. The van der Waals surface area contributed by atoms with E-state index in [9.17, 15) is 4.79 Å². The highest BCUT2D eigenvalue weighted by molar-refractivity contribution is 5.91. The van der Waals surface area contributed by atoms with Gasteiger partial charge in [0.15, 0.2) is 0 Å². The van der Waals surface area contributed by atoms with Crippen molar-refractivity contribution in [1.82, 2.24) is 20.3 Å². The van der Waals surface area contributed by atoms with Crippen molar-refractivity contribution in [2.45, 2.75) is 13.3 Å². The predicted octanol–water partition coefficient (Wildman–Crippen LogP) is 2.14. The van der Waals surface area contributed by atoms with Crippen LogP contribution in [0.15, 0.2) is 53.3 Å². The molecule has 6 nitrogen and oxygen atoms in total. The molecule has 1 amide bonds. The maximum Gasteiger partial charge on any atom is 0.289 e. The van der Waals surface area contributed by atoms with Crippen molar-refractivity contribution in [3.8, 4) is 5.69 Å². The zero-order chi connectivity index (χ0) is 15.4. The van der Waals surface area contributed by atoms with Crippen LogP contribution >= 0.6 is 0 Å². The standard InChI is InChI=1S/C16H16N4O2/c1-12-11-15(22-19-12)16(21)17-9-7-13-3-5-14(6-4-13)20-10-2-8-18-20/h2-6,8,10-11H,7,9H2,1H3,(H,17,21). The SMILES string of the molecule is Cc1cc(C(=O)NCCc2ccc(-n3cccn3)cc2)on1. The van der Waals surface area contributed by atoms with Crippen LogP contribution in [0.5, 0.6) is 0 Å². The molecule has 0 fully saturated rings. The lowest BCUT2D eigenvalue weighted by Gasteiger charge is -2.05. The molecule has 2 heterocycles. The zero-order valence-electron chi connectivity index (χ0n) is 12.2. The van der Waals surface area contributed by atoms with Crippen LogP contribution in [0.4, 0.5) is 0 Å². The van der Waals surface area contributed by atoms with Crippen LogP contribution in [0.2, 0.25) is 0 Å². The van der Waals surface area contributed by atoms with E-state index in [1.54, 1.807) is 23.9 Å². The van der Waals surface area contributed by atoms with Crippen molar-refractivity contribution in [3.63, 3.8) is 0 Å². The minimum atomic E-state index is -0.242. The van der Waals surface area contributed by atoms with Crippen LogP contribution in [-0.2, 0) is 6.42 Å². The molecule has 1 aromatic carbocycles. The number of aryl methyl sites for hydroxylation is 1. The first kappa shape index (κ1) is 14.1.